The Labute approximate surface area is 149 Å². The maximum absolute atomic E-state index is 12.2. The number of para-hydroxylation sites is 1. The smallest absolute Gasteiger partial charge is 0.276 e. The zero-order valence-electron chi connectivity index (χ0n) is 12.6. The lowest BCUT2D eigenvalue weighted by molar-refractivity contribution is 0.584. The highest BCUT2D eigenvalue weighted by molar-refractivity contribution is 7.89. The van der Waals surface area contributed by atoms with Gasteiger partial charge in [0, 0.05) is 29.7 Å². The summed E-state index contributed by atoms with van der Waals surface area (Å²) in [4.78, 5) is 2.17. The van der Waals surface area contributed by atoms with E-state index in [0.717, 1.165) is 16.5 Å². The molecule has 0 unspecified atom stereocenters. The Bertz CT molecular complexity index is 1040. The van der Waals surface area contributed by atoms with Gasteiger partial charge in [-0.2, -0.15) is 13.5 Å². The summed E-state index contributed by atoms with van der Waals surface area (Å²) in [5, 5.41) is 5.29. The minimum atomic E-state index is -3.81. The van der Waals surface area contributed by atoms with Crippen molar-refractivity contribution in [2.45, 2.75) is 4.90 Å². The third-order valence-electron chi connectivity index (χ3n) is 3.51. The molecule has 124 valence electrons. The van der Waals surface area contributed by atoms with Crippen molar-refractivity contribution < 1.29 is 8.42 Å². The fourth-order valence-electron chi connectivity index (χ4n) is 2.34. The first-order valence-electron chi connectivity index (χ1n) is 6.92. The number of nitrogens with zero attached hydrogens (tertiary/aromatic N) is 2. The van der Waals surface area contributed by atoms with Gasteiger partial charge in [-0.15, -0.1) is 0 Å². The minimum Gasteiger partial charge on any atom is -0.350 e. The van der Waals surface area contributed by atoms with Gasteiger partial charge in [0.25, 0.3) is 10.0 Å². The molecule has 0 fully saturated rings. The van der Waals surface area contributed by atoms with Crippen LogP contribution in [0.2, 0.25) is 10.0 Å². The molecule has 0 atom stereocenters. The number of sulfonamides is 1. The molecule has 0 aliphatic heterocycles. The van der Waals surface area contributed by atoms with Crippen molar-refractivity contribution in [1.82, 2.24) is 9.40 Å². The number of benzene rings is 2. The Balaban J connectivity index is 1.85. The van der Waals surface area contributed by atoms with Crippen LogP contribution in [0.3, 0.4) is 0 Å². The second-order valence-electron chi connectivity index (χ2n) is 5.14. The van der Waals surface area contributed by atoms with E-state index in [2.05, 4.69) is 9.93 Å². The van der Waals surface area contributed by atoms with Crippen molar-refractivity contribution in [3.63, 3.8) is 0 Å². The van der Waals surface area contributed by atoms with E-state index in [0.29, 0.717) is 0 Å². The fraction of sp³-hybridized carbons (Fsp3) is 0.0625. The third-order valence-corrected chi connectivity index (χ3v) is 5.46. The Kier molecular flexibility index (Phi) is 4.54. The molecule has 0 amide bonds. The highest BCUT2D eigenvalue weighted by Crippen LogP contribution is 2.24. The molecule has 1 heterocycles. The number of hydrogen-bond acceptors (Lipinski definition) is 3. The van der Waals surface area contributed by atoms with Crippen LogP contribution in [0.25, 0.3) is 10.9 Å². The van der Waals surface area contributed by atoms with Gasteiger partial charge in [0.05, 0.1) is 21.2 Å². The van der Waals surface area contributed by atoms with Crippen LogP contribution in [0.1, 0.15) is 5.56 Å². The van der Waals surface area contributed by atoms with Gasteiger partial charge >= 0.3 is 0 Å². The molecule has 0 radical (unpaired) electrons. The molecule has 0 bridgehead atoms. The molecule has 0 aliphatic carbocycles. The molecule has 3 rings (SSSR count). The Hall–Kier alpha value is -2.02. The molecule has 8 heteroatoms. The molecule has 24 heavy (non-hydrogen) atoms. The molecule has 1 N–H and O–H groups in total. The molecule has 5 nitrogen and oxygen atoms in total. The van der Waals surface area contributed by atoms with Crippen LogP contribution in [0, 0.1) is 0 Å². The average molecular weight is 382 g/mol. The van der Waals surface area contributed by atoms with E-state index < -0.39 is 10.0 Å². The van der Waals surface area contributed by atoms with Gasteiger partial charge in [0.2, 0.25) is 0 Å². The summed E-state index contributed by atoms with van der Waals surface area (Å²) in [5.41, 5.74) is 1.84. The minimum absolute atomic E-state index is 0.00744. The van der Waals surface area contributed by atoms with Crippen LogP contribution in [0.4, 0.5) is 0 Å². The van der Waals surface area contributed by atoms with E-state index in [9.17, 15) is 8.42 Å². The summed E-state index contributed by atoms with van der Waals surface area (Å²) in [7, 11) is -1.90. The molecule has 0 spiro atoms. The number of hydrogen-bond donors (Lipinski definition) is 1. The van der Waals surface area contributed by atoms with E-state index >= 15 is 0 Å². The largest absolute Gasteiger partial charge is 0.350 e. The standard InChI is InChI=1S/C16H13Cl2N3O2S/c1-21-10-11(13-4-2-3-5-16(13)21)9-19-20-24(22,23)12-6-7-14(17)15(18)8-12/h2-10,20H,1H3/b19-9+. The Morgan fingerprint density at radius 3 is 2.62 bits per heavy atom. The van der Waals surface area contributed by atoms with Crippen molar-refractivity contribution in [1.29, 1.82) is 0 Å². The monoisotopic (exact) mass is 381 g/mol. The normalized spacial score (nSPS) is 12.1. The van der Waals surface area contributed by atoms with Crippen LogP contribution in [0.15, 0.2) is 58.7 Å². The van der Waals surface area contributed by atoms with E-state index in [4.69, 9.17) is 23.2 Å². The van der Waals surface area contributed by atoms with Crippen LogP contribution < -0.4 is 4.83 Å². The fourth-order valence-corrected chi connectivity index (χ4v) is 3.52. The molecule has 0 saturated carbocycles. The van der Waals surface area contributed by atoms with Crippen molar-refractivity contribution in [3.8, 4) is 0 Å². The summed E-state index contributed by atoms with van der Waals surface area (Å²) >= 11 is 11.6. The van der Waals surface area contributed by atoms with E-state index in [-0.39, 0.29) is 14.9 Å². The van der Waals surface area contributed by atoms with Crippen LogP contribution >= 0.6 is 23.2 Å². The van der Waals surface area contributed by atoms with E-state index in [1.807, 2.05) is 42.1 Å². The molecule has 2 aromatic carbocycles. The summed E-state index contributed by atoms with van der Waals surface area (Å²) in [6, 6.07) is 11.9. The highest BCUT2D eigenvalue weighted by atomic mass is 35.5. The van der Waals surface area contributed by atoms with E-state index in [1.165, 1.54) is 24.4 Å². The van der Waals surface area contributed by atoms with Gasteiger partial charge in [-0.1, -0.05) is 41.4 Å². The van der Waals surface area contributed by atoms with Gasteiger partial charge in [0.15, 0.2) is 0 Å². The Morgan fingerprint density at radius 1 is 1.12 bits per heavy atom. The van der Waals surface area contributed by atoms with Crippen molar-refractivity contribution >= 4 is 50.3 Å². The van der Waals surface area contributed by atoms with Gasteiger partial charge in [-0.25, -0.2) is 4.83 Å². The number of fused-ring (bicyclic) bond motifs is 1. The van der Waals surface area contributed by atoms with Crippen molar-refractivity contribution in [2.75, 3.05) is 0 Å². The second kappa shape index (κ2) is 6.47. The van der Waals surface area contributed by atoms with Crippen molar-refractivity contribution in [3.05, 3.63) is 64.3 Å². The number of halogens is 2. The molecule has 3 aromatic rings. The lowest BCUT2D eigenvalue weighted by Crippen LogP contribution is -2.18. The quantitative estimate of drug-likeness (QED) is 0.551. The maximum Gasteiger partial charge on any atom is 0.276 e. The average Bonchev–Trinajstić information content (AvgIpc) is 2.87. The topological polar surface area (TPSA) is 63.5 Å². The zero-order chi connectivity index (χ0) is 17.3. The molecule has 0 aliphatic rings. The lowest BCUT2D eigenvalue weighted by Gasteiger charge is -2.04. The molecular weight excluding hydrogens is 369 g/mol. The van der Waals surface area contributed by atoms with Crippen LogP contribution in [-0.4, -0.2) is 19.2 Å². The summed E-state index contributed by atoms with van der Waals surface area (Å²) in [6.45, 7) is 0. The van der Waals surface area contributed by atoms with Gasteiger partial charge < -0.3 is 4.57 Å². The first-order valence-corrected chi connectivity index (χ1v) is 9.16. The van der Waals surface area contributed by atoms with E-state index in [1.54, 1.807) is 0 Å². The first-order chi connectivity index (χ1) is 11.4. The van der Waals surface area contributed by atoms with Crippen LogP contribution in [-0.2, 0) is 17.1 Å². The SMILES string of the molecule is Cn1cc(/C=N/NS(=O)(=O)c2ccc(Cl)c(Cl)c2)c2ccccc21. The predicted octanol–water partition coefficient (Wildman–Crippen LogP) is 3.80. The maximum atomic E-state index is 12.2. The van der Waals surface area contributed by atoms with Crippen molar-refractivity contribution in [2.24, 2.45) is 12.1 Å². The van der Waals surface area contributed by atoms with Gasteiger partial charge in [0.1, 0.15) is 0 Å². The highest BCUT2D eigenvalue weighted by Gasteiger charge is 2.14. The second-order valence-corrected chi connectivity index (χ2v) is 7.62. The van der Waals surface area contributed by atoms with Gasteiger partial charge in [-0.05, 0) is 24.3 Å². The Morgan fingerprint density at radius 2 is 1.88 bits per heavy atom. The summed E-state index contributed by atoms with van der Waals surface area (Å²) in [5.74, 6) is 0. The molecular formula is C16H13Cl2N3O2S. The van der Waals surface area contributed by atoms with Gasteiger partial charge in [-0.3, -0.25) is 0 Å². The zero-order valence-corrected chi connectivity index (χ0v) is 14.9. The number of rotatable bonds is 4. The number of nitrogens with one attached hydrogen (secondary N) is 1. The summed E-state index contributed by atoms with van der Waals surface area (Å²) < 4.78 is 26.4. The number of aryl methyl sites for hydroxylation is 1. The molecule has 1 aromatic heterocycles. The lowest BCUT2D eigenvalue weighted by atomic mass is 10.2. The van der Waals surface area contributed by atoms with Crippen LogP contribution in [0.5, 0.6) is 0 Å². The number of aromatic nitrogens is 1. The molecule has 0 saturated heterocycles. The first kappa shape index (κ1) is 16.8. The number of hydrazone groups is 1. The third kappa shape index (κ3) is 3.26. The predicted molar refractivity (Wildman–Crippen MR) is 97.3 cm³/mol. The summed E-state index contributed by atoms with van der Waals surface area (Å²) in [6.07, 6.45) is 3.35.